The van der Waals surface area contributed by atoms with Crippen LogP contribution in [0.1, 0.15) is 28.2 Å². The Morgan fingerprint density at radius 3 is 3.06 bits per heavy atom. The van der Waals surface area contributed by atoms with E-state index in [1.54, 1.807) is 6.92 Å². The normalized spacial score (nSPS) is 9.56. The smallest absolute Gasteiger partial charge is 0.264 e. The Bertz CT molecular complexity index is 397. The van der Waals surface area contributed by atoms with Crippen LogP contribution in [0.5, 0.6) is 0 Å². The molecule has 1 heterocycles. The second-order valence-corrected chi connectivity index (χ2v) is 3.86. The van der Waals surface area contributed by atoms with Crippen molar-refractivity contribution in [2.24, 2.45) is 5.11 Å². The molecule has 0 aliphatic carbocycles. The number of unbranched alkanes of at least 4 members (excludes halogenated alkanes) is 1. The van der Waals surface area contributed by atoms with Crippen molar-refractivity contribution in [3.8, 4) is 0 Å². The van der Waals surface area contributed by atoms with Crippen molar-refractivity contribution in [1.29, 1.82) is 0 Å². The van der Waals surface area contributed by atoms with Crippen LogP contribution in [0.4, 0.5) is 0 Å². The zero-order valence-electron chi connectivity index (χ0n) is 8.88. The summed E-state index contributed by atoms with van der Waals surface area (Å²) in [4.78, 5) is 14.7. The van der Waals surface area contributed by atoms with Gasteiger partial charge in [0.1, 0.15) is 4.88 Å². The maximum absolute atomic E-state index is 11.6. The van der Waals surface area contributed by atoms with Crippen LogP contribution in [0.25, 0.3) is 10.4 Å². The number of nitrogens with one attached hydrogen (secondary N) is 1. The molecule has 1 N–H and O–H groups in total. The van der Waals surface area contributed by atoms with Gasteiger partial charge in [-0.05, 0) is 36.8 Å². The molecule has 0 bridgehead atoms. The minimum absolute atomic E-state index is 0.142. The van der Waals surface area contributed by atoms with Crippen molar-refractivity contribution in [3.63, 3.8) is 0 Å². The minimum Gasteiger partial charge on any atom is -0.351 e. The van der Waals surface area contributed by atoms with Gasteiger partial charge < -0.3 is 5.32 Å². The fourth-order valence-corrected chi connectivity index (χ4v) is 1.65. The Morgan fingerprint density at radius 2 is 2.44 bits per heavy atom. The van der Waals surface area contributed by atoms with Crippen molar-refractivity contribution in [3.05, 3.63) is 21.0 Å². The van der Waals surface area contributed by atoms with Crippen molar-refractivity contribution in [2.45, 2.75) is 19.8 Å². The third-order valence-corrected chi connectivity index (χ3v) is 2.72. The number of azide groups is 1. The van der Waals surface area contributed by atoms with Crippen LogP contribution < -0.4 is 5.32 Å². The summed E-state index contributed by atoms with van der Waals surface area (Å²) < 4.78 is 3.69. The van der Waals surface area contributed by atoms with Crippen LogP contribution in [0, 0.1) is 6.92 Å². The Kier molecular flexibility index (Phi) is 5.24. The largest absolute Gasteiger partial charge is 0.351 e. The first-order valence-corrected chi connectivity index (χ1v) is 5.61. The zero-order chi connectivity index (χ0) is 11.8. The molecule has 0 unspecified atom stereocenters. The van der Waals surface area contributed by atoms with Crippen molar-refractivity contribution < 1.29 is 4.79 Å². The summed E-state index contributed by atoms with van der Waals surface area (Å²) in [7, 11) is 0. The fraction of sp³-hybridized carbons (Fsp3) is 0.625. The molecule has 1 aromatic heterocycles. The first kappa shape index (κ1) is 12.4. The average molecular weight is 240 g/mol. The Hall–Kier alpha value is -1.66. The first-order valence-electron chi connectivity index (χ1n) is 4.83. The van der Waals surface area contributed by atoms with Gasteiger partial charge >= 0.3 is 0 Å². The van der Waals surface area contributed by atoms with E-state index in [0.717, 1.165) is 24.4 Å². The number of hydrogen-bond acceptors (Lipinski definition) is 5. The van der Waals surface area contributed by atoms with Gasteiger partial charge in [-0.1, -0.05) is 9.60 Å². The summed E-state index contributed by atoms with van der Waals surface area (Å²) in [6, 6.07) is 0. The van der Waals surface area contributed by atoms with E-state index >= 15 is 0 Å². The van der Waals surface area contributed by atoms with Crippen molar-refractivity contribution >= 4 is 17.4 Å². The van der Waals surface area contributed by atoms with Gasteiger partial charge in [-0.2, -0.15) is 0 Å². The Morgan fingerprint density at radius 1 is 1.62 bits per heavy atom. The Labute approximate surface area is 96.7 Å². The Balaban J connectivity index is 2.21. The molecular weight excluding hydrogens is 228 g/mol. The topological polar surface area (TPSA) is 104 Å². The number of aryl methyl sites for hydroxylation is 1. The lowest BCUT2D eigenvalue weighted by molar-refractivity contribution is 0.0956. The lowest BCUT2D eigenvalue weighted by atomic mass is 10.3. The van der Waals surface area contributed by atoms with Gasteiger partial charge in [-0.15, -0.1) is 5.10 Å². The van der Waals surface area contributed by atoms with Gasteiger partial charge in [0.25, 0.3) is 5.91 Å². The molecule has 0 atom stereocenters. The molecule has 0 radical (unpaired) electrons. The van der Waals surface area contributed by atoms with Crippen molar-refractivity contribution in [2.75, 3.05) is 13.1 Å². The highest BCUT2D eigenvalue weighted by Crippen LogP contribution is 2.08. The molecule has 0 saturated heterocycles. The summed E-state index contributed by atoms with van der Waals surface area (Å²) >= 11 is 1.09. The molecule has 16 heavy (non-hydrogen) atoms. The SMILES string of the molecule is Cc1nnsc1C(=O)NCCCCN=[N+]=[N-]. The van der Waals surface area contributed by atoms with Crippen molar-refractivity contribution in [1.82, 2.24) is 14.9 Å². The highest BCUT2D eigenvalue weighted by atomic mass is 32.1. The predicted molar refractivity (Wildman–Crippen MR) is 60.2 cm³/mol. The summed E-state index contributed by atoms with van der Waals surface area (Å²) in [6.07, 6.45) is 1.56. The lowest BCUT2D eigenvalue weighted by Crippen LogP contribution is -2.24. The highest BCUT2D eigenvalue weighted by molar-refractivity contribution is 7.07. The maximum Gasteiger partial charge on any atom is 0.264 e. The minimum atomic E-state index is -0.142. The van der Waals surface area contributed by atoms with Gasteiger partial charge in [0.05, 0.1) is 5.69 Å². The van der Waals surface area contributed by atoms with E-state index in [0.29, 0.717) is 23.7 Å². The first-order chi connectivity index (χ1) is 7.75. The van der Waals surface area contributed by atoms with E-state index in [4.69, 9.17) is 5.53 Å². The van der Waals surface area contributed by atoms with Gasteiger partial charge in [0.15, 0.2) is 0 Å². The average Bonchev–Trinajstić information content (AvgIpc) is 2.69. The number of aromatic nitrogens is 2. The molecule has 0 aliphatic heterocycles. The van der Waals surface area contributed by atoms with E-state index in [1.165, 1.54) is 0 Å². The van der Waals surface area contributed by atoms with E-state index in [9.17, 15) is 4.79 Å². The molecule has 0 saturated carbocycles. The lowest BCUT2D eigenvalue weighted by Gasteiger charge is -2.01. The van der Waals surface area contributed by atoms with Crippen LogP contribution in [-0.4, -0.2) is 28.6 Å². The number of nitrogens with zero attached hydrogens (tertiary/aromatic N) is 5. The van der Waals surface area contributed by atoms with Gasteiger partial charge in [0, 0.05) is 18.0 Å². The number of carbonyl (C=O) groups excluding carboxylic acids is 1. The molecule has 86 valence electrons. The van der Waals surface area contributed by atoms with Crippen LogP contribution in [0.15, 0.2) is 5.11 Å². The molecule has 0 aliphatic rings. The van der Waals surface area contributed by atoms with Crippen LogP contribution in [-0.2, 0) is 0 Å². The van der Waals surface area contributed by atoms with Gasteiger partial charge in [-0.3, -0.25) is 4.79 Å². The monoisotopic (exact) mass is 240 g/mol. The molecule has 0 fully saturated rings. The van der Waals surface area contributed by atoms with Crippen LogP contribution >= 0.6 is 11.5 Å². The maximum atomic E-state index is 11.6. The van der Waals surface area contributed by atoms with E-state index in [-0.39, 0.29) is 5.91 Å². The number of rotatable bonds is 6. The number of hydrogen-bond donors (Lipinski definition) is 1. The molecule has 0 aromatic carbocycles. The molecule has 0 spiro atoms. The molecule has 1 amide bonds. The molecule has 1 aromatic rings. The molecule has 8 heteroatoms. The fourth-order valence-electron chi connectivity index (χ4n) is 1.07. The third kappa shape index (κ3) is 3.84. The second-order valence-electron chi connectivity index (χ2n) is 3.10. The van der Waals surface area contributed by atoms with E-state index in [1.807, 2.05) is 0 Å². The molecular formula is C8H12N6OS. The molecule has 1 rings (SSSR count). The van der Waals surface area contributed by atoms with Gasteiger partial charge in [-0.25, -0.2) is 0 Å². The second kappa shape index (κ2) is 6.76. The number of amides is 1. The summed E-state index contributed by atoms with van der Waals surface area (Å²) in [5, 5.41) is 9.92. The van der Waals surface area contributed by atoms with E-state index in [2.05, 4.69) is 24.9 Å². The number of carbonyl (C=O) groups is 1. The molecule has 7 nitrogen and oxygen atoms in total. The van der Waals surface area contributed by atoms with Gasteiger partial charge in [0.2, 0.25) is 0 Å². The third-order valence-electron chi connectivity index (χ3n) is 1.89. The standard InChI is InChI=1S/C8H12N6OS/c1-6-7(16-14-12-6)8(15)10-4-2-3-5-11-13-9/h2-5H2,1H3,(H,10,15). The zero-order valence-corrected chi connectivity index (χ0v) is 9.70. The predicted octanol–water partition coefficient (Wildman–Crippen LogP) is 1.67. The quantitative estimate of drug-likeness (QED) is 0.354. The summed E-state index contributed by atoms with van der Waals surface area (Å²) in [6.45, 7) is 2.78. The summed E-state index contributed by atoms with van der Waals surface area (Å²) in [5.74, 6) is -0.142. The summed E-state index contributed by atoms with van der Waals surface area (Å²) in [5.41, 5.74) is 8.69. The van der Waals surface area contributed by atoms with Crippen LogP contribution in [0.3, 0.4) is 0 Å². The highest BCUT2D eigenvalue weighted by Gasteiger charge is 2.11. The van der Waals surface area contributed by atoms with Crippen LogP contribution in [0.2, 0.25) is 0 Å². The van der Waals surface area contributed by atoms with E-state index < -0.39 is 0 Å².